The Morgan fingerprint density at radius 3 is 2.44 bits per heavy atom. The van der Waals surface area contributed by atoms with E-state index in [9.17, 15) is 17.2 Å². The molecule has 5 nitrogen and oxygen atoms in total. The first-order valence-corrected chi connectivity index (χ1v) is 10.1. The van der Waals surface area contributed by atoms with E-state index in [1.165, 1.54) is 0 Å². The molecule has 0 bridgehead atoms. The zero-order chi connectivity index (χ0) is 18.3. The zero-order valence-electron chi connectivity index (χ0n) is 13.7. The van der Waals surface area contributed by atoms with Crippen molar-refractivity contribution in [3.8, 4) is 0 Å². The molecule has 0 saturated carbocycles. The summed E-state index contributed by atoms with van der Waals surface area (Å²) in [5.41, 5.74) is 0.991. The lowest BCUT2D eigenvalue weighted by Crippen LogP contribution is -2.31. The molecule has 0 amide bonds. The van der Waals surface area contributed by atoms with Gasteiger partial charge in [0, 0.05) is 13.1 Å². The van der Waals surface area contributed by atoms with Gasteiger partial charge < -0.3 is 9.73 Å². The van der Waals surface area contributed by atoms with Crippen LogP contribution < -0.4 is 10.0 Å². The van der Waals surface area contributed by atoms with Gasteiger partial charge in [-0.2, -0.15) is 8.78 Å². The average molecular weight is 390 g/mol. The van der Waals surface area contributed by atoms with Gasteiger partial charge in [0.05, 0.1) is 17.2 Å². The van der Waals surface area contributed by atoms with Crippen LogP contribution in [0, 0.1) is 6.92 Å². The van der Waals surface area contributed by atoms with E-state index in [0.717, 1.165) is 5.56 Å². The Bertz CT molecular complexity index is 762. The predicted octanol–water partition coefficient (Wildman–Crippen LogP) is 3.11. The molecule has 0 radical (unpaired) electrons. The number of aryl methyl sites for hydroxylation is 1. The van der Waals surface area contributed by atoms with Gasteiger partial charge in [-0.15, -0.1) is 0 Å². The molecule has 0 saturated heterocycles. The fraction of sp³-hybridized carbons (Fsp3) is 0.375. The first-order chi connectivity index (χ1) is 11.9. The molecule has 1 aromatic carbocycles. The second-order valence-electron chi connectivity index (χ2n) is 5.33. The van der Waals surface area contributed by atoms with Crippen molar-refractivity contribution >= 4 is 21.8 Å². The van der Waals surface area contributed by atoms with Crippen molar-refractivity contribution in [3.05, 3.63) is 53.5 Å². The highest BCUT2D eigenvalue weighted by atomic mass is 32.2. The SMILES string of the molecule is Cc1ccc(S(=O)(=O)NCCNCc2ccc(CSC(F)F)o2)cc1. The van der Waals surface area contributed by atoms with Crippen LogP contribution in [-0.4, -0.2) is 27.3 Å². The third-order valence-corrected chi connectivity index (χ3v) is 5.47. The van der Waals surface area contributed by atoms with Gasteiger partial charge >= 0.3 is 0 Å². The first-order valence-electron chi connectivity index (χ1n) is 7.61. The average Bonchev–Trinajstić information content (AvgIpc) is 3.01. The van der Waals surface area contributed by atoms with Crippen LogP contribution in [0.4, 0.5) is 8.78 Å². The largest absolute Gasteiger partial charge is 0.464 e. The Balaban J connectivity index is 1.70. The molecule has 2 rings (SSSR count). The highest BCUT2D eigenvalue weighted by Crippen LogP contribution is 2.21. The summed E-state index contributed by atoms with van der Waals surface area (Å²) in [6.07, 6.45) is 0. The summed E-state index contributed by atoms with van der Waals surface area (Å²) in [5, 5.41) is 3.04. The van der Waals surface area contributed by atoms with E-state index in [1.54, 1.807) is 36.4 Å². The molecule has 0 aliphatic heterocycles. The third kappa shape index (κ3) is 6.77. The summed E-state index contributed by atoms with van der Waals surface area (Å²) in [7, 11) is -3.52. The Hall–Kier alpha value is -1.42. The predicted molar refractivity (Wildman–Crippen MR) is 94.1 cm³/mol. The number of alkyl halides is 2. The van der Waals surface area contributed by atoms with Crippen molar-refractivity contribution in [1.82, 2.24) is 10.0 Å². The summed E-state index contributed by atoms with van der Waals surface area (Å²) in [4.78, 5) is 0.227. The highest BCUT2D eigenvalue weighted by Gasteiger charge is 2.12. The van der Waals surface area contributed by atoms with E-state index < -0.39 is 15.8 Å². The molecule has 138 valence electrons. The lowest BCUT2D eigenvalue weighted by atomic mass is 10.2. The number of thioether (sulfide) groups is 1. The number of sulfonamides is 1. The Labute approximate surface area is 150 Å². The van der Waals surface area contributed by atoms with Gasteiger partial charge in [0.25, 0.3) is 5.76 Å². The number of nitrogens with one attached hydrogen (secondary N) is 2. The van der Waals surface area contributed by atoms with Crippen LogP contribution in [0.3, 0.4) is 0 Å². The summed E-state index contributed by atoms with van der Waals surface area (Å²) in [5.74, 6) is -1.20. The summed E-state index contributed by atoms with van der Waals surface area (Å²) in [6, 6.07) is 9.98. The van der Waals surface area contributed by atoms with Crippen molar-refractivity contribution in [2.45, 2.75) is 29.9 Å². The Morgan fingerprint density at radius 2 is 1.76 bits per heavy atom. The molecule has 1 heterocycles. The van der Waals surface area contributed by atoms with Gasteiger partial charge in [-0.1, -0.05) is 29.5 Å². The topological polar surface area (TPSA) is 71.3 Å². The number of furan rings is 1. The van der Waals surface area contributed by atoms with E-state index in [4.69, 9.17) is 4.42 Å². The van der Waals surface area contributed by atoms with Crippen LogP contribution in [-0.2, 0) is 22.3 Å². The number of rotatable bonds is 10. The molecule has 0 spiro atoms. The van der Waals surface area contributed by atoms with Crippen LogP contribution in [0.5, 0.6) is 0 Å². The standard InChI is InChI=1S/C16H20F2N2O3S2/c1-12-2-6-15(7-3-12)25(21,22)20-9-8-19-10-13-4-5-14(23-13)11-24-16(17)18/h2-7,16,19-20H,8-11H2,1H3. The van der Waals surface area contributed by atoms with E-state index in [-0.39, 0.29) is 17.2 Å². The molecule has 2 N–H and O–H groups in total. The Kier molecular flexibility index (Phi) is 7.42. The van der Waals surface area contributed by atoms with Crippen LogP contribution in [0.1, 0.15) is 17.1 Å². The molecule has 0 fully saturated rings. The smallest absolute Gasteiger partial charge is 0.284 e. The van der Waals surface area contributed by atoms with Crippen molar-refractivity contribution in [1.29, 1.82) is 0 Å². The van der Waals surface area contributed by atoms with Crippen molar-refractivity contribution in [2.75, 3.05) is 13.1 Å². The minimum Gasteiger partial charge on any atom is -0.464 e. The summed E-state index contributed by atoms with van der Waals surface area (Å²) in [6.45, 7) is 2.92. The monoisotopic (exact) mass is 390 g/mol. The fourth-order valence-electron chi connectivity index (χ4n) is 2.03. The number of benzene rings is 1. The fourth-order valence-corrected chi connectivity index (χ4v) is 3.50. The molecular weight excluding hydrogens is 370 g/mol. The quantitative estimate of drug-likeness (QED) is 0.610. The summed E-state index contributed by atoms with van der Waals surface area (Å²) < 4.78 is 56.3. The molecular formula is C16H20F2N2O3S2. The number of hydrogen-bond acceptors (Lipinski definition) is 5. The van der Waals surface area contributed by atoms with Crippen LogP contribution >= 0.6 is 11.8 Å². The molecule has 0 aliphatic carbocycles. The first kappa shape index (κ1) is 19.9. The zero-order valence-corrected chi connectivity index (χ0v) is 15.3. The second-order valence-corrected chi connectivity index (χ2v) is 8.07. The third-order valence-electron chi connectivity index (χ3n) is 3.29. The van der Waals surface area contributed by atoms with E-state index in [0.29, 0.717) is 36.4 Å². The van der Waals surface area contributed by atoms with Crippen molar-refractivity contribution in [2.24, 2.45) is 0 Å². The molecule has 0 atom stereocenters. The van der Waals surface area contributed by atoms with Gasteiger partial charge in [0.1, 0.15) is 11.5 Å². The van der Waals surface area contributed by atoms with Gasteiger partial charge in [-0.05, 0) is 31.2 Å². The molecule has 9 heteroatoms. The number of halogens is 2. The molecule has 2 aromatic rings. The molecule has 25 heavy (non-hydrogen) atoms. The van der Waals surface area contributed by atoms with Gasteiger partial charge in [0.15, 0.2) is 0 Å². The van der Waals surface area contributed by atoms with Gasteiger partial charge in [-0.3, -0.25) is 0 Å². The van der Waals surface area contributed by atoms with Gasteiger partial charge in [-0.25, -0.2) is 13.1 Å². The second kappa shape index (κ2) is 9.33. The van der Waals surface area contributed by atoms with Crippen LogP contribution in [0.25, 0.3) is 0 Å². The minimum atomic E-state index is -3.52. The minimum absolute atomic E-state index is 0.119. The maximum atomic E-state index is 12.1. The highest BCUT2D eigenvalue weighted by molar-refractivity contribution is 7.98. The van der Waals surface area contributed by atoms with E-state index >= 15 is 0 Å². The molecule has 0 aliphatic rings. The maximum Gasteiger partial charge on any atom is 0.284 e. The Morgan fingerprint density at radius 1 is 1.08 bits per heavy atom. The summed E-state index contributed by atoms with van der Waals surface area (Å²) >= 11 is 0.507. The lowest BCUT2D eigenvalue weighted by molar-refractivity contribution is 0.251. The van der Waals surface area contributed by atoms with Crippen molar-refractivity contribution in [3.63, 3.8) is 0 Å². The maximum absolute atomic E-state index is 12.1. The van der Waals surface area contributed by atoms with Crippen LogP contribution in [0.2, 0.25) is 0 Å². The van der Waals surface area contributed by atoms with E-state index in [2.05, 4.69) is 10.0 Å². The normalized spacial score (nSPS) is 12.0. The van der Waals surface area contributed by atoms with Crippen LogP contribution in [0.15, 0.2) is 45.7 Å². The van der Waals surface area contributed by atoms with Crippen molar-refractivity contribution < 1.29 is 21.6 Å². The van der Waals surface area contributed by atoms with Gasteiger partial charge in [0.2, 0.25) is 10.0 Å². The molecule has 1 aromatic heterocycles. The van der Waals surface area contributed by atoms with E-state index in [1.807, 2.05) is 6.92 Å². The number of hydrogen-bond donors (Lipinski definition) is 2. The lowest BCUT2D eigenvalue weighted by Gasteiger charge is -2.07. The molecule has 0 unspecified atom stereocenters.